The quantitative estimate of drug-likeness (QED) is 0.657. The summed E-state index contributed by atoms with van der Waals surface area (Å²) in [5.74, 6) is 0.347. The lowest BCUT2D eigenvalue weighted by Crippen LogP contribution is -2.22. The number of anilines is 2. The molecular weight excluding hydrogens is 264 g/mol. The highest BCUT2D eigenvalue weighted by atomic mass is 32.2. The van der Waals surface area contributed by atoms with Crippen molar-refractivity contribution in [2.75, 3.05) is 11.1 Å². The van der Waals surface area contributed by atoms with E-state index in [0.29, 0.717) is 22.5 Å². The first-order chi connectivity index (χ1) is 9.04. The maximum absolute atomic E-state index is 12.0. The first-order valence-corrected chi connectivity index (χ1v) is 6.56. The van der Waals surface area contributed by atoms with Crippen LogP contribution in [0.5, 0.6) is 0 Å². The molecule has 0 aliphatic carbocycles. The first-order valence-electron chi connectivity index (χ1n) is 5.68. The number of amides is 1. The minimum Gasteiger partial charge on any atom is -0.416 e. The lowest BCUT2D eigenvalue weighted by Gasteiger charge is -2.09. The van der Waals surface area contributed by atoms with Crippen molar-refractivity contribution in [3.8, 4) is 0 Å². The zero-order valence-corrected chi connectivity index (χ0v) is 11.4. The number of thioether (sulfide) groups is 1. The van der Waals surface area contributed by atoms with Gasteiger partial charge < -0.3 is 15.5 Å². The molecule has 1 atom stereocenters. The molecule has 1 aromatic carbocycles. The summed E-state index contributed by atoms with van der Waals surface area (Å²) < 4.78 is 5.21. The Kier molecular flexibility index (Phi) is 4.06. The Morgan fingerprint density at radius 3 is 2.63 bits per heavy atom. The van der Waals surface area contributed by atoms with Gasteiger partial charge in [0.1, 0.15) is 0 Å². The number of carbonyl (C=O) groups excluding carboxylic acids is 1. The van der Waals surface area contributed by atoms with E-state index in [1.165, 1.54) is 11.8 Å². The van der Waals surface area contributed by atoms with E-state index in [1.54, 1.807) is 38.1 Å². The molecule has 100 valence electrons. The summed E-state index contributed by atoms with van der Waals surface area (Å²) in [4.78, 5) is 12.0. The van der Waals surface area contributed by atoms with Gasteiger partial charge in [-0.05, 0) is 31.2 Å². The second kappa shape index (κ2) is 5.75. The smallest absolute Gasteiger partial charge is 0.277 e. The average molecular weight is 278 g/mol. The second-order valence-corrected chi connectivity index (χ2v) is 5.25. The zero-order valence-electron chi connectivity index (χ0n) is 10.6. The minimum atomic E-state index is -0.336. The number of benzene rings is 1. The Labute approximate surface area is 114 Å². The lowest BCUT2D eigenvalue weighted by atomic mass is 10.3. The molecule has 0 fully saturated rings. The molecule has 0 aliphatic heterocycles. The molecule has 0 aliphatic rings. The summed E-state index contributed by atoms with van der Waals surface area (Å²) in [6.07, 6.45) is 0. The van der Waals surface area contributed by atoms with Gasteiger partial charge in [-0.15, -0.1) is 10.2 Å². The predicted molar refractivity (Wildman–Crippen MR) is 73.8 cm³/mol. The number of hydrogen-bond acceptors (Lipinski definition) is 6. The standard InChI is InChI=1S/C12H14N4O2S/c1-7(19-12-16-15-8(2)18-12)11(17)14-10-5-3-9(13)4-6-10/h3-7H,13H2,1-2H3,(H,14,17). The number of nitrogen functional groups attached to an aromatic ring is 1. The highest BCUT2D eigenvalue weighted by Crippen LogP contribution is 2.22. The number of carbonyl (C=O) groups is 1. The van der Waals surface area contributed by atoms with E-state index in [4.69, 9.17) is 10.2 Å². The molecule has 0 bridgehead atoms. The van der Waals surface area contributed by atoms with E-state index in [0.717, 1.165) is 0 Å². The Morgan fingerprint density at radius 1 is 1.37 bits per heavy atom. The zero-order chi connectivity index (χ0) is 13.8. The number of hydrogen-bond donors (Lipinski definition) is 2. The molecule has 6 nitrogen and oxygen atoms in total. The van der Waals surface area contributed by atoms with Crippen molar-refractivity contribution < 1.29 is 9.21 Å². The van der Waals surface area contributed by atoms with E-state index in [9.17, 15) is 4.79 Å². The summed E-state index contributed by atoms with van der Waals surface area (Å²) in [5, 5.41) is 10.4. The number of nitrogens with zero attached hydrogens (tertiary/aromatic N) is 2. The van der Waals surface area contributed by atoms with Crippen molar-refractivity contribution >= 4 is 29.0 Å². The molecule has 7 heteroatoms. The van der Waals surface area contributed by atoms with E-state index in [2.05, 4.69) is 15.5 Å². The van der Waals surface area contributed by atoms with Gasteiger partial charge in [-0.1, -0.05) is 11.8 Å². The Balaban J connectivity index is 1.94. The summed E-state index contributed by atoms with van der Waals surface area (Å²) in [5.41, 5.74) is 6.93. The van der Waals surface area contributed by atoms with Crippen LogP contribution in [0.1, 0.15) is 12.8 Å². The van der Waals surface area contributed by atoms with Crippen LogP contribution >= 0.6 is 11.8 Å². The van der Waals surface area contributed by atoms with Gasteiger partial charge in [0.15, 0.2) is 0 Å². The molecule has 1 heterocycles. The predicted octanol–water partition coefficient (Wildman–Crippen LogP) is 2.08. The highest BCUT2D eigenvalue weighted by Gasteiger charge is 2.17. The summed E-state index contributed by atoms with van der Waals surface area (Å²) in [6.45, 7) is 3.48. The minimum absolute atomic E-state index is 0.134. The van der Waals surface area contributed by atoms with Gasteiger partial charge in [0.2, 0.25) is 11.8 Å². The van der Waals surface area contributed by atoms with Crippen molar-refractivity contribution in [2.45, 2.75) is 24.3 Å². The molecule has 0 radical (unpaired) electrons. The van der Waals surface area contributed by atoms with Crippen LogP contribution in [-0.2, 0) is 4.79 Å². The van der Waals surface area contributed by atoms with Gasteiger partial charge in [-0.25, -0.2) is 0 Å². The summed E-state index contributed by atoms with van der Waals surface area (Å²) >= 11 is 1.22. The molecule has 2 aromatic rings. The van der Waals surface area contributed by atoms with E-state index in [-0.39, 0.29) is 11.2 Å². The maximum Gasteiger partial charge on any atom is 0.277 e. The SMILES string of the molecule is Cc1nnc(SC(C)C(=O)Nc2ccc(N)cc2)o1. The fraction of sp³-hybridized carbons (Fsp3) is 0.250. The van der Waals surface area contributed by atoms with Crippen molar-refractivity contribution in [3.05, 3.63) is 30.2 Å². The van der Waals surface area contributed by atoms with Gasteiger partial charge in [-0.3, -0.25) is 4.79 Å². The third-order valence-corrected chi connectivity index (χ3v) is 3.27. The van der Waals surface area contributed by atoms with Crippen LogP contribution in [0.15, 0.2) is 33.9 Å². The molecule has 0 saturated heterocycles. The third kappa shape index (κ3) is 3.72. The summed E-state index contributed by atoms with van der Waals surface area (Å²) in [6, 6.07) is 6.96. The second-order valence-electron chi connectivity index (χ2n) is 3.96. The maximum atomic E-state index is 12.0. The van der Waals surface area contributed by atoms with Crippen LogP contribution < -0.4 is 11.1 Å². The van der Waals surface area contributed by atoms with E-state index in [1.807, 2.05) is 0 Å². The van der Waals surface area contributed by atoms with E-state index < -0.39 is 0 Å². The average Bonchev–Trinajstić information content (AvgIpc) is 2.77. The topological polar surface area (TPSA) is 94.0 Å². The van der Waals surface area contributed by atoms with Gasteiger partial charge >= 0.3 is 0 Å². The molecule has 1 unspecified atom stereocenters. The molecule has 3 N–H and O–H groups in total. The molecule has 2 rings (SSSR count). The normalized spacial score (nSPS) is 12.1. The van der Waals surface area contributed by atoms with Crippen LogP contribution in [0.3, 0.4) is 0 Å². The van der Waals surface area contributed by atoms with Crippen LogP contribution in [0.2, 0.25) is 0 Å². The van der Waals surface area contributed by atoms with Gasteiger partial charge in [0.05, 0.1) is 5.25 Å². The number of aryl methyl sites for hydroxylation is 1. The van der Waals surface area contributed by atoms with Crippen LogP contribution in [0, 0.1) is 6.92 Å². The number of nitrogens with two attached hydrogens (primary N) is 1. The van der Waals surface area contributed by atoms with Gasteiger partial charge in [0.25, 0.3) is 5.22 Å². The van der Waals surface area contributed by atoms with Crippen LogP contribution in [0.4, 0.5) is 11.4 Å². The van der Waals surface area contributed by atoms with Gasteiger partial charge in [0, 0.05) is 18.3 Å². The molecule has 1 amide bonds. The number of aromatic nitrogens is 2. The van der Waals surface area contributed by atoms with Crippen LogP contribution in [0.25, 0.3) is 0 Å². The van der Waals surface area contributed by atoms with E-state index >= 15 is 0 Å². The summed E-state index contributed by atoms with van der Waals surface area (Å²) in [7, 11) is 0. The largest absolute Gasteiger partial charge is 0.416 e. The molecule has 0 saturated carbocycles. The Bertz CT molecular complexity index is 567. The Morgan fingerprint density at radius 2 is 2.05 bits per heavy atom. The van der Waals surface area contributed by atoms with Crippen molar-refractivity contribution in [3.63, 3.8) is 0 Å². The molecule has 19 heavy (non-hydrogen) atoms. The third-order valence-electron chi connectivity index (χ3n) is 2.33. The van der Waals surface area contributed by atoms with Gasteiger partial charge in [-0.2, -0.15) is 0 Å². The van der Waals surface area contributed by atoms with Crippen molar-refractivity contribution in [1.82, 2.24) is 10.2 Å². The monoisotopic (exact) mass is 278 g/mol. The van der Waals surface area contributed by atoms with Crippen molar-refractivity contribution in [1.29, 1.82) is 0 Å². The lowest BCUT2D eigenvalue weighted by molar-refractivity contribution is -0.115. The fourth-order valence-electron chi connectivity index (χ4n) is 1.34. The molecule has 0 spiro atoms. The highest BCUT2D eigenvalue weighted by molar-refractivity contribution is 8.00. The Hall–Kier alpha value is -2.02. The first kappa shape index (κ1) is 13.4. The number of nitrogens with one attached hydrogen (secondary N) is 1. The fourth-order valence-corrected chi connectivity index (χ4v) is 2.07. The molecule has 1 aromatic heterocycles. The molecular formula is C12H14N4O2S. The van der Waals surface area contributed by atoms with Crippen LogP contribution in [-0.4, -0.2) is 21.4 Å². The number of rotatable bonds is 4. The van der Waals surface area contributed by atoms with Crippen molar-refractivity contribution in [2.24, 2.45) is 0 Å².